The Balaban J connectivity index is 0.992. The molecule has 8 aliphatic carbocycles. The number of carbonyl (C=O) groups excluding carboxylic acids is 4. The molecule has 6 saturated carbocycles. The highest BCUT2D eigenvalue weighted by Crippen LogP contribution is 2.69. The van der Waals surface area contributed by atoms with Crippen LogP contribution < -0.4 is 0 Å². The smallest absolute Gasteiger partial charge is 0.303 e. The van der Waals surface area contributed by atoms with Gasteiger partial charge in [0.25, 0.3) is 0 Å². The van der Waals surface area contributed by atoms with Crippen molar-refractivity contribution in [3.05, 3.63) is 58.7 Å². The van der Waals surface area contributed by atoms with Gasteiger partial charge >= 0.3 is 11.9 Å². The molecule has 0 aromatic heterocycles. The Morgan fingerprint density at radius 2 is 0.963 bits per heavy atom. The van der Waals surface area contributed by atoms with Crippen molar-refractivity contribution in [2.45, 2.75) is 130 Å². The van der Waals surface area contributed by atoms with Crippen LogP contribution in [0, 0.1) is 57.2 Å². The minimum absolute atomic E-state index is 0.0631. The lowest BCUT2D eigenvalue weighted by Gasteiger charge is -2.58. The van der Waals surface area contributed by atoms with E-state index >= 15 is 0 Å². The van der Waals surface area contributed by atoms with Gasteiger partial charge < -0.3 is 19.7 Å². The lowest BCUT2D eigenvalue weighted by molar-refractivity contribution is -0.168. The molecule has 8 heteroatoms. The summed E-state index contributed by atoms with van der Waals surface area (Å²) >= 11 is 0. The maximum absolute atomic E-state index is 13.3. The number of rotatable bonds is 6. The van der Waals surface area contributed by atoms with E-state index in [1.165, 1.54) is 36.1 Å². The van der Waals surface area contributed by atoms with Crippen LogP contribution in [0.15, 0.2) is 58.7 Å². The van der Waals surface area contributed by atoms with Crippen molar-refractivity contribution in [1.82, 2.24) is 0 Å². The van der Waals surface area contributed by atoms with E-state index in [1.54, 1.807) is 0 Å². The van der Waals surface area contributed by atoms with Crippen LogP contribution in [0.25, 0.3) is 0 Å². The number of carbonyl (C=O) groups is 4. The highest BCUT2D eigenvalue weighted by molar-refractivity contribution is 5.91. The third-order valence-electron chi connectivity index (χ3n) is 17.5. The van der Waals surface area contributed by atoms with Gasteiger partial charge in [0, 0.05) is 35.5 Å². The van der Waals surface area contributed by atoms with Gasteiger partial charge in [-0.3, -0.25) is 19.2 Å². The van der Waals surface area contributed by atoms with Gasteiger partial charge in [0.2, 0.25) is 11.6 Å². The lowest BCUT2D eigenvalue weighted by atomic mass is 9.46. The average molecular weight is 741 g/mol. The molecule has 0 bridgehead atoms. The number of allylic oxidation sites excluding steroid dienone is 10. The fourth-order valence-electron chi connectivity index (χ4n) is 14.3. The Hall–Kier alpha value is -3.10. The summed E-state index contributed by atoms with van der Waals surface area (Å²) in [5.41, 5.74) is 1.45. The topological polar surface area (TPSA) is 127 Å². The van der Waals surface area contributed by atoms with Crippen LogP contribution >= 0.6 is 0 Å². The van der Waals surface area contributed by atoms with Crippen LogP contribution in [0.2, 0.25) is 0 Å². The molecule has 0 spiro atoms. The van der Waals surface area contributed by atoms with Gasteiger partial charge in [-0.2, -0.15) is 0 Å². The van der Waals surface area contributed by atoms with Crippen LogP contribution in [-0.4, -0.2) is 58.1 Å². The fraction of sp³-hybridized carbons (Fsp3) is 0.696. The van der Waals surface area contributed by atoms with Crippen molar-refractivity contribution in [3.8, 4) is 0 Å². The molecule has 54 heavy (non-hydrogen) atoms. The zero-order chi connectivity index (χ0) is 38.6. The number of ketones is 2. The molecular formula is C46H60O8. The molecule has 0 heterocycles. The first-order chi connectivity index (χ1) is 25.4. The predicted octanol–water partition coefficient (Wildman–Crippen LogP) is 7.49. The van der Waals surface area contributed by atoms with Crippen LogP contribution in [0.5, 0.6) is 0 Å². The summed E-state index contributed by atoms with van der Waals surface area (Å²) in [6, 6.07) is 0. The second-order valence-corrected chi connectivity index (χ2v) is 19.4. The van der Waals surface area contributed by atoms with Crippen LogP contribution in [-0.2, 0) is 28.7 Å². The number of aliphatic hydroxyl groups is 2. The molecule has 8 nitrogen and oxygen atoms in total. The van der Waals surface area contributed by atoms with Crippen LogP contribution in [0.3, 0.4) is 0 Å². The third-order valence-corrected chi connectivity index (χ3v) is 17.5. The molecule has 0 unspecified atom stereocenters. The molecule has 8 rings (SSSR count). The van der Waals surface area contributed by atoms with Gasteiger partial charge in [0.1, 0.15) is 11.2 Å². The molecule has 6 fully saturated rings. The van der Waals surface area contributed by atoms with E-state index < -0.39 is 34.0 Å². The van der Waals surface area contributed by atoms with Crippen LogP contribution in [0.4, 0.5) is 0 Å². The second kappa shape index (κ2) is 12.7. The van der Waals surface area contributed by atoms with Gasteiger partial charge in [0.15, 0.2) is 13.2 Å². The number of hydrogen-bond acceptors (Lipinski definition) is 8. The Bertz CT molecular complexity index is 1700. The molecular weight excluding hydrogens is 680 g/mol. The van der Waals surface area contributed by atoms with E-state index in [9.17, 15) is 29.4 Å². The van der Waals surface area contributed by atoms with E-state index in [0.717, 1.165) is 64.2 Å². The molecule has 2 N–H and O–H groups in total. The zero-order valence-electron chi connectivity index (χ0n) is 33.2. The summed E-state index contributed by atoms with van der Waals surface area (Å²) in [5, 5.41) is 23.7. The van der Waals surface area contributed by atoms with Crippen molar-refractivity contribution in [1.29, 1.82) is 0 Å². The first kappa shape index (κ1) is 37.8. The Labute approximate surface area is 320 Å². The highest BCUT2D eigenvalue weighted by atomic mass is 16.5. The average Bonchev–Trinajstić information content (AvgIpc) is 3.58. The summed E-state index contributed by atoms with van der Waals surface area (Å²) < 4.78 is 10.1. The quantitative estimate of drug-likeness (QED) is 0.269. The van der Waals surface area contributed by atoms with E-state index in [-0.39, 0.29) is 47.4 Å². The second-order valence-electron chi connectivity index (χ2n) is 19.4. The highest BCUT2D eigenvalue weighted by Gasteiger charge is 2.67. The summed E-state index contributed by atoms with van der Waals surface area (Å²) in [6.45, 7) is 10.9. The van der Waals surface area contributed by atoms with Gasteiger partial charge in [0.05, 0.1) is 0 Å². The van der Waals surface area contributed by atoms with Crippen molar-refractivity contribution in [3.63, 3.8) is 0 Å². The molecule has 12 atom stereocenters. The molecule has 0 radical (unpaired) electrons. The van der Waals surface area contributed by atoms with Gasteiger partial charge in [-0.25, -0.2) is 0 Å². The van der Waals surface area contributed by atoms with Gasteiger partial charge in [-0.1, -0.05) is 75.3 Å². The summed E-state index contributed by atoms with van der Waals surface area (Å²) in [4.78, 5) is 49.5. The normalized spacial score (nSPS) is 47.1. The van der Waals surface area contributed by atoms with Crippen molar-refractivity contribution in [2.75, 3.05) is 13.2 Å². The monoisotopic (exact) mass is 740 g/mol. The van der Waals surface area contributed by atoms with Crippen LogP contribution in [0.1, 0.15) is 119 Å². The Morgan fingerprint density at radius 3 is 1.33 bits per heavy atom. The van der Waals surface area contributed by atoms with Gasteiger partial charge in [-0.05, 0) is 124 Å². The number of Topliss-reactive ketones (excluding diaryl/α,β-unsaturated/α-hetero) is 2. The maximum atomic E-state index is 13.3. The number of esters is 2. The standard InChI is InChI=1S/C46H60O8/c1-27(47)53-25-39(49)45(51)21-15-37-33-9-7-31-23-29(11-17-41(31,3)35(33)13-19-43(37,45)5)30-12-18-42(4)32(24-30)8-10-34-36(42)14-20-44(6)38(34)16-22-46(44,52)40(50)26-54-28(2)48/h11-12,17-18,23-24,33-38,51-52H,7-10,13-16,19-22,25-26H2,1-6H3/b30-29+/t33-,34-,35+,36+,37+,38+,41+,42+,43+,44+,45+,46+/m1/s1. The summed E-state index contributed by atoms with van der Waals surface area (Å²) in [6.07, 6.45) is 24.6. The molecule has 292 valence electrons. The van der Waals surface area contributed by atoms with Crippen molar-refractivity contribution < 1.29 is 38.9 Å². The number of fused-ring (bicyclic) bond motifs is 10. The minimum atomic E-state index is -1.45. The number of hydrogen-bond donors (Lipinski definition) is 2. The first-order valence-electron chi connectivity index (χ1n) is 20.7. The van der Waals surface area contributed by atoms with E-state index in [0.29, 0.717) is 36.5 Å². The molecule has 0 saturated heterocycles. The molecule has 0 amide bonds. The molecule has 0 aromatic rings. The SMILES string of the molecule is CC(=O)OCC(=O)[C@@]1(O)CC[C@H]2[C@@H]3CCC4=C/C(=C5\C=C[C@@]6(C)C(=C5)CC[C@@H]5[C@@H]6CC[C@@]6(C)[C@H]5CC[C@]6(O)C(=O)COC(C)=O)C=C[C@]4(C)[C@H]3CC[C@@]21C. The van der Waals surface area contributed by atoms with E-state index in [2.05, 4.69) is 64.2 Å². The van der Waals surface area contributed by atoms with Crippen molar-refractivity contribution in [2.24, 2.45) is 57.2 Å². The largest absolute Gasteiger partial charge is 0.458 e. The summed E-state index contributed by atoms with van der Waals surface area (Å²) in [7, 11) is 0. The van der Waals surface area contributed by atoms with E-state index in [4.69, 9.17) is 9.47 Å². The Morgan fingerprint density at radius 1 is 0.593 bits per heavy atom. The fourth-order valence-corrected chi connectivity index (χ4v) is 14.3. The first-order valence-corrected chi connectivity index (χ1v) is 20.7. The lowest BCUT2D eigenvalue weighted by Crippen LogP contribution is -2.58. The molecule has 8 aliphatic rings. The third kappa shape index (κ3) is 5.20. The van der Waals surface area contributed by atoms with E-state index in [1.807, 2.05) is 0 Å². The maximum Gasteiger partial charge on any atom is 0.303 e. The molecule has 0 aromatic carbocycles. The predicted molar refractivity (Wildman–Crippen MR) is 203 cm³/mol. The Kier molecular flexibility index (Phi) is 8.90. The number of ether oxygens (including phenoxy) is 2. The molecule has 0 aliphatic heterocycles. The van der Waals surface area contributed by atoms with Gasteiger partial charge in [-0.15, -0.1) is 0 Å². The minimum Gasteiger partial charge on any atom is -0.458 e. The van der Waals surface area contributed by atoms with Crippen molar-refractivity contribution >= 4 is 23.5 Å². The summed E-state index contributed by atoms with van der Waals surface area (Å²) in [5.74, 6) is 0.552. The zero-order valence-corrected chi connectivity index (χ0v) is 33.2.